The van der Waals surface area contributed by atoms with Crippen molar-refractivity contribution < 1.29 is 13.9 Å². The monoisotopic (exact) mass is 296 g/mol. The van der Waals surface area contributed by atoms with E-state index in [4.69, 9.17) is 10.5 Å². The first-order valence-corrected chi connectivity index (χ1v) is 7.14. The van der Waals surface area contributed by atoms with E-state index in [2.05, 4.69) is 5.32 Å². The Labute approximate surface area is 125 Å². The summed E-state index contributed by atoms with van der Waals surface area (Å²) < 4.78 is 18.9. The Morgan fingerprint density at radius 1 is 1.43 bits per heavy atom. The second-order valence-electron chi connectivity index (χ2n) is 6.04. The Hall–Kier alpha value is -1.62. The number of rotatable bonds is 7. The topological polar surface area (TPSA) is 64.3 Å². The van der Waals surface area contributed by atoms with Crippen molar-refractivity contribution >= 4 is 5.91 Å². The summed E-state index contributed by atoms with van der Waals surface area (Å²) in [5, 5.41) is 3.18. The first-order valence-electron chi connectivity index (χ1n) is 7.14. The zero-order chi connectivity index (χ0) is 16.2. The van der Waals surface area contributed by atoms with Crippen LogP contribution < -0.4 is 15.8 Å². The molecule has 0 saturated heterocycles. The maximum Gasteiger partial charge on any atom is 0.237 e. The normalized spacial score (nSPS) is 15.6. The van der Waals surface area contributed by atoms with E-state index in [1.165, 1.54) is 12.1 Å². The van der Waals surface area contributed by atoms with Crippen molar-refractivity contribution in [2.75, 3.05) is 0 Å². The van der Waals surface area contributed by atoms with Gasteiger partial charge >= 0.3 is 0 Å². The fraction of sp³-hybridized carbons (Fsp3) is 0.562. The number of ether oxygens (including phenoxy) is 1. The Morgan fingerprint density at radius 2 is 2.05 bits per heavy atom. The summed E-state index contributed by atoms with van der Waals surface area (Å²) in [4.78, 5) is 11.7. The summed E-state index contributed by atoms with van der Waals surface area (Å²) in [6, 6.07) is 4.50. The lowest BCUT2D eigenvalue weighted by Gasteiger charge is -2.32. The molecule has 5 heteroatoms. The van der Waals surface area contributed by atoms with Gasteiger partial charge in [0.15, 0.2) is 0 Å². The number of nitrogens with one attached hydrogen (secondary N) is 1. The van der Waals surface area contributed by atoms with Gasteiger partial charge in [0.25, 0.3) is 0 Å². The fourth-order valence-corrected chi connectivity index (χ4v) is 2.45. The molecule has 0 aliphatic heterocycles. The molecule has 2 atom stereocenters. The van der Waals surface area contributed by atoms with Gasteiger partial charge in [-0.05, 0) is 58.4 Å². The molecule has 2 unspecified atom stereocenters. The first-order chi connectivity index (χ1) is 9.64. The lowest BCUT2D eigenvalue weighted by atomic mass is 9.93. The maximum atomic E-state index is 13.1. The zero-order valence-electron chi connectivity index (χ0n) is 13.4. The molecule has 0 radical (unpaired) electrons. The van der Waals surface area contributed by atoms with Crippen LogP contribution in [-0.2, 0) is 4.79 Å². The molecule has 1 aromatic carbocycles. The number of benzene rings is 1. The summed E-state index contributed by atoms with van der Waals surface area (Å²) in [5.74, 6) is -0.0984. The van der Waals surface area contributed by atoms with E-state index in [-0.39, 0.29) is 18.0 Å². The number of nitrogens with two attached hydrogens (primary N) is 1. The minimum absolute atomic E-state index is 0.127. The van der Waals surface area contributed by atoms with Gasteiger partial charge in [-0.1, -0.05) is 0 Å². The van der Waals surface area contributed by atoms with Gasteiger partial charge in [-0.2, -0.15) is 0 Å². The van der Waals surface area contributed by atoms with Crippen LogP contribution in [-0.4, -0.2) is 23.6 Å². The summed E-state index contributed by atoms with van der Waals surface area (Å²) in [5.41, 5.74) is 5.38. The largest absolute Gasteiger partial charge is 0.490 e. The Morgan fingerprint density at radius 3 is 2.52 bits per heavy atom. The van der Waals surface area contributed by atoms with Gasteiger partial charge in [0.1, 0.15) is 11.6 Å². The molecule has 118 valence electrons. The van der Waals surface area contributed by atoms with Crippen LogP contribution >= 0.6 is 0 Å². The molecule has 21 heavy (non-hydrogen) atoms. The molecule has 1 aromatic rings. The lowest BCUT2D eigenvalue weighted by molar-refractivity contribution is -0.125. The van der Waals surface area contributed by atoms with Gasteiger partial charge < -0.3 is 15.8 Å². The van der Waals surface area contributed by atoms with Gasteiger partial charge in [-0.3, -0.25) is 4.79 Å². The van der Waals surface area contributed by atoms with Crippen molar-refractivity contribution in [2.45, 2.75) is 58.7 Å². The minimum atomic E-state index is -0.846. The van der Waals surface area contributed by atoms with Crippen LogP contribution in [0, 0.1) is 12.7 Å². The second-order valence-corrected chi connectivity index (χ2v) is 6.04. The molecule has 0 aliphatic rings. The van der Waals surface area contributed by atoms with Crippen LogP contribution in [0.1, 0.15) is 39.7 Å². The molecule has 0 heterocycles. The van der Waals surface area contributed by atoms with E-state index in [9.17, 15) is 9.18 Å². The van der Waals surface area contributed by atoms with Crippen LogP contribution in [0.3, 0.4) is 0 Å². The highest BCUT2D eigenvalue weighted by Crippen LogP contribution is 2.23. The van der Waals surface area contributed by atoms with Crippen molar-refractivity contribution in [3.05, 3.63) is 29.6 Å². The zero-order valence-corrected chi connectivity index (χ0v) is 13.4. The predicted octanol–water partition coefficient (Wildman–Crippen LogP) is 2.53. The molecule has 0 spiro atoms. The Balaban J connectivity index is 2.78. The summed E-state index contributed by atoms with van der Waals surface area (Å²) in [6.07, 6.45) is 0.190. The number of hydrogen-bond acceptors (Lipinski definition) is 3. The maximum absolute atomic E-state index is 13.1. The van der Waals surface area contributed by atoms with Gasteiger partial charge in [0.2, 0.25) is 5.91 Å². The van der Waals surface area contributed by atoms with E-state index >= 15 is 0 Å². The smallest absolute Gasteiger partial charge is 0.237 e. The molecular weight excluding hydrogens is 271 g/mol. The second kappa shape index (κ2) is 6.89. The quantitative estimate of drug-likeness (QED) is 0.812. The summed E-state index contributed by atoms with van der Waals surface area (Å²) >= 11 is 0. The molecule has 0 fully saturated rings. The van der Waals surface area contributed by atoms with E-state index in [0.29, 0.717) is 12.2 Å². The standard InChI is InChI=1S/C16H25FN2O2/c1-10(2)19-16(5,15(18)20)9-12(4)21-14-7-6-13(17)8-11(14)3/h6-8,10,12,19H,9H2,1-5H3,(H2,18,20). The van der Waals surface area contributed by atoms with Crippen molar-refractivity contribution in [2.24, 2.45) is 5.73 Å². The third kappa shape index (κ3) is 5.01. The summed E-state index contributed by atoms with van der Waals surface area (Å²) in [6.45, 7) is 9.33. The van der Waals surface area contributed by atoms with Crippen molar-refractivity contribution in [3.63, 3.8) is 0 Å². The number of primary amides is 1. The number of aryl methyl sites for hydroxylation is 1. The van der Waals surface area contributed by atoms with Crippen LogP contribution in [0.25, 0.3) is 0 Å². The van der Waals surface area contributed by atoms with E-state index in [1.54, 1.807) is 19.9 Å². The van der Waals surface area contributed by atoms with Gasteiger partial charge in [-0.15, -0.1) is 0 Å². The molecule has 0 aromatic heterocycles. The number of halogens is 1. The predicted molar refractivity (Wildman–Crippen MR) is 81.7 cm³/mol. The van der Waals surface area contributed by atoms with Crippen molar-refractivity contribution in [1.82, 2.24) is 5.32 Å². The van der Waals surface area contributed by atoms with Gasteiger partial charge in [0.05, 0.1) is 11.6 Å². The van der Waals surface area contributed by atoms with E-state index in [1.807, 2.05) is 20.8 Å². The van der Waals surface area contributed by atoms with Crippen molar-refractivity contribution in [1.29, 1.82) is 0 Å². The highest BCUT2D eigenvalue weighted by Gasteiger charge is 2.34. The molecule has 1 amide bonds. The van der Waals surface area contributed by atoms with E-state index < -0.39 is 11.4 Å². The number of carbonyl (C=O) groups excluding carboxylic acids is 1. The van der Waals surface area contributed by atoms with Crippen molar-refractivity contribution in [3.8, 4) is 5.75 Å². The third-order valence-corrected chi connectivity index (χ3v) is 3.31. The number of amides is 1. The molecular formula is C16H25FN2O2. The minimum Gasteiger partial charge on any atom is -0.490 e. The number of carbonyl (C=O) groups is 1. The van der Waals surface area contributed by atoms with Gasteiger partial charge in [0, 0.05) is 12.5 Å². The Bertz CT molecular complexity index is 505. The highest BCUT2D eigenvalue weighted by molar-refractivity contribution is 5.84. The SMILES string of the molecule is Cc1cc(F)ccc1OC(C)CC(C)(NC(C)C)C(N)=O. The Kier molecular flexibility index (Phi) is 5.72. The molecule has 0 saturated carbocycles. The lowest BCUT2D eigenvalue weighted by Crippen LogP contribution is -2.57. The third-order valence-electron chi connectivity index (χ3n) is 3.31. The molecule has 3 N–H and O–H groups in total. The van der Waals surface area contributed by atoms with E-state index in [0.717, 1.165) is 5.56 Å². The number of hydrogen-bond donors (Lipinski definition) is 2. The van der Waals surface area contributed by atoms with Crippen LogP contribution in [0.5, 0.6) is 5.75 Å². The van der Waals surface area contributed by atoms with Gasteiger partial charge in [-0.25, -0.2) is 4.39 Å². The fourth-order valence-electron chi connectivity index (χ4n) is 2.45. The average Bonchev–Trinajstić information content (AvgIpc) is 2.31. The molecule has 4 nitrogen and oxygen atoms in total. The van der Waals surface area contributed by atoms with Crippen LogP contribution in [0.4, 0.5) is 4.39 Å². The molecule has 0 aliphatic carbocycles. The van der Waals surface area contributed by atoms with Crippen LogP contribution in [0.15, 0.2) is 18.2 Å². The summed E-state index contributed by atoms with van der Waals surface area (Å²) in [7, 11) is 0. The van der Waals surface area contributed by atoms with Crippen LogP contribution in [0.2, 0.25) is 0 Å². The highest BCUT2D eigenvalue weighted by atomic mass is 19.1. The average molecular weight is 296 g/mol. The molecule has 1 rings (SSSR count). The first kappa shape index (κ1) is 17.4. The molecule has 0 bridgehead atoms.